The third-order valence-corrected chi connectivity index (χ3v) is 7.74. The second-order valence-electron chi connectivity index (χ2n) is 12.2. The zero-order chi connectivity index (χ0) is 27.8. The van der Waals surface area contributed by atoms with E-state index in [4.69, 9.17) is 0 Å². The van der Waals surface area contributed by atoms with Gasteiger partial charge in [-0.05, 0) is 92.9 Å². The molecule has 0 saturated carbocycles. The summed E-state index contributed by atoms with van der Waals surface area (Å²) < 4.78 is 0. The van der Waals surface area contributed by atoms with Gasteiger partial charge in [0.2, 0.25) is 0 Å². The molecule has 0 amide bonds. The lowest BCUT2D eigenvalue weighted by Gasteiger charge is -2.28. The molecule has 4 atom stereocenters. The van der Waals surface area contributed by atoms with Crippen LogP contribution in [0.25, 0.3) is 0 Å². The quantitative estimate of drug-likeness (QED) is 0.141. The molecule has 7 heteroatoms. The van der Waals surface area contributed by atoms with E-state index in [0.29, 0.717) is 44.1 Å². The van der Waals surface area contributed by atoms with E-state index in [1.807, 2.05) is 13.8 Å². The van der Waals surface area contributed by atoms with Crippen molar-refractivity contribution in [2.45, 2.75) is 116 Å². The van der Waals surface area contributed by atoms with Crippen LogP contribution in [0.4, 0.5) is 0 Å². The molecule has 0 aliphatic heterocycles. The van der Waals surface area contributed by atoms with Crippen LogP contribution >= 0.6 is 0 Å². The molecule has 2 aliphatic rings. The lowest BCUT2D eigenvalue weighted by atomic mass is 9.82. The van der Waals surface area contributed by atoms with Crippen LogP contribution in [0.1, 0.15) is 91.9 Å². The molecular weight excluding hydrogens is 472 g/mol. The highest BCUT2D eigenvalue weighted by molar-refractivity contribution is 5.73. The summed E-state index contributed by atoms with van der Waals surface area (Å²) in [5.74, 6) is -0.821. The Hall–Kier alpha value is -1.77. The zero-order valence-electron chi connectivity index (χ0n) is 23.0. The summed E-state index contributed by atoms with van der Waals surface area (Å²) in [6, 6.07) is 0. The molecule has 0 aromatic heterocycles. The van der Waals surface area contributed by atoms with Crippen LogP contribution in [-0.2, 0) is 4.79 Å². The number of aliphatic carboxylic acids is 1. The summed E-state index contributed by atoms with van der Waals surface area (Å²) in [6.45, 7) is 7.61. The SMILES string of the molecule is CC(C)(CO)CCCCC1=CC(O)C=C(CCC2=CC(O)C=C(CCCCC(C)(C)C(=O)O)C2O)C1O. The van der Waals surface area contributed by atoms with E-state index in [1.54, 1.807) is 38.2 Å². The molecular formula is C30H48O7. The predicted octanol–water partition coefficient (Wildman–Crippen LogP) is 4.19. The second-order valence-corrected chi connectivity index (χ2v) is 12.2. The van der Waals surface area contributed by atoms with Crippen LogP contribution in [0.3, 0.4) is 0 Å². The van der Waals surface area contributed by atoms with Crippen molar-refractivity contribution in [2.24, 2.45) is 10.8 Å². The van der Waals surface area contributed by atoms with E-state index in [1.165, 1.54) is 0 Å². The van der Waals surface area contributed by atoms with Crippen molar-refractivity contribution in [3.8, 4) is 0 Å². The Balaban J connectivity index is 1.87. The van der Waals surface area contributed by atoms with Gasteiger partial charge in [0.25, 0.3) is 0 Å². The molecule has 0 radical (unpaired) electrons. The number of aliphatic hydroxyl groups is 5. The lowest BCUT2D eigenvalue weighted by Crippen LogP contribution is -2.25. The monoisotopic (exact) mass is 520 g/mol. The van der Waals surface area contributed by atoms with Crippen LogP contribution in [0.5, 0.6) is 0 Å². The van der Waals surface area contributed by atoms with Gasteiger partial charge < -0.3 is 30.6 Å². The van der Waals surface area contributed by atoms with Gasteiger partial charge in [0.1, 0.15) is 0 Å². The first-order valence-corrected chi connectivity index (χ1v) is 13.6. The van der Waals surface area contributed by atoms with E-state index in [-0.39, 0.29) is 12.0 Å². The van der Waals surface area contributed by atoms with E-state index < -0.39 is 35.8 Å². The molecule has 7 nitrogen and oxygen atoms in total. The van der Waals surface area contributed by atoms with E-state index in [0.717, 1.165) is 42.4 Å². The van der Waals surface area contributed by atoms with Crippen molar-refractivity contribution in [3.63, 3.8) is 0 Å². The van der Waals surface area contributed by atoms with Gasteiger partial charge in [-0.1, -0.05) is 51.0 Å². The molecule has 0 aromatic carbocycles. The highest BCUT2D eigenvalue weighted by Gasteiger charge is 2.28. The minimum atomic E-state index is -0.821. The minimum Gasteiger partial charge on any atom is -0.481 e. The molecule has 4 unspecified atom stereocenters. The molecule has 0 bridgehead atoms. The van der Waals surface area contributed by atoms with Crippen LogP contribution in [-0.4, -0.2) is 67.6 Å². The Morgan fingerprint density at radius 3 is 1.43 bits per heavy atom. The van der Waals surface area contributed by atoms with Gasteiger partial charge in [-0.15, -0.1) is 0 Å². The summed E-state index contributed by atoms with van der Waals surface area (Å²) in [6.07, 6.45) is 10.4. The Bertz CT molecular complexity index is 894. The van der Waals surface area contributed by atoms with Crippen molar-refractivity contribution in [1.29, 1.82) is 0 Å². The normalized spacial score (nSPS) is 24.8. The van der Waals surface area contributed by atoms with Crippen LogP contribution in [0.2, 0.25) is 0 Å². The molecule has 0 spiro atoms. The van der Waals surface area contributed by atoms with E-state index in [9.17, 15) is 35.4 Å². The van der Waals surface area contributed by atoms with Gasteiger partial charge in [0.05, 0.1) is 29.8 Å². The molecule has 2 aliphatic carbocycles. The summed E-state index contributed by atoms with van der Waals surface area (Å²) >= 11 is 0. The number of carbonyl (C=O) groups is 1. The molecule has 2 rings (SSSR count). The van der Waals surface area contributed by atoms with Gasteiger partial charge in [-0.2, -0.15) is 0 Å². The first-order valence-electron chi connectivity index (χ1n) is 13.6. The van der Waals surface area contributed by atoms with Crippen molar-refractivity contribution >= 4 is 5.97 Å². The molecule has 0 heterocycles. The standard InChI is InChI=1S/C30H48O7/c1-29(2,19-31)13-7-5-9-20-15-24(32)17-22(26(20)34)11-12-23-18-25(33)16-21(27(23)35)10-6-8-14-30(3,4)28(36)37/h15-18,24-27,31-35H,5-14,19H2,1-4H3,(H,36,37). The van der Waals surface area contributed by atoms with Gasteiger partial charge in [-0.3, -0.25) is 4.79 Å². The summed E-state index contributed by atoms with van der Waals surface area (Å²) in [5.41, 5.74) is 2.05. The molecule has 0 fully saturated rings. The maximum absolute atomic E-state index is 11.3. The smallest absolute Gasteiger partial charge is 0.309 e. The predicted molar refractivity (Wildman–Crippen MR) is 145 cm³/mol. The number of aliphatic hydroxyl groups excluding tert-OH is 5. The number of hydrogen-bond acceptors (Lipinski definition) is 6. The van der Waals surface area contributed by atoms with Crippen molar-refractivity contribution in [3.05, 3.63) is 46.6 Å². The molecule has 37 heavy (non-hydrogen) atoms. The van der Waals surface area contributed by atoms with Gasteiger partial charge >= 0.3 is 5.97 Å². The maximum Gasteiger partial charge on any atom is 0.309 e. The fourth-order valence-electron chi connectivity index (χ4n) is 5.00. The third-order valence-electron chi connectivity index (χ3n) is 7.74. The van der Waals surface area contributed by atoms with Gasteiger partial charge in [0, 0.05) is 6.61 Å². The Morgan fingerprint density at radius 1 is 0.676 bits per heavy atom. The van der Waals surface area contributed by atoms with Crippen LogP contribution in [0.15, 0.2) is 46.6 Å². The Morgan fingerprint density at radius 2 is 1.05 bits per heavy atom. The fraction of sp³-hybridized carbons (Fsp3) is 0.700. The minimum absolute atomic E-state index is 0.119. The largest absolute Gasteiger partial charge is 0.481 e. The van der Waals surface area contributed by atoms with Gasteiger partial charge in [-0.25, -0.2) is 0 Å². The average molecular weight is 521 g/mol. The van der Waals surface area contributed by atoms with Crippen LogP contribution in [0, 0.1) is 10.8 Å². The number of carboxylic acids is 1. The molecule has 0 aromatic rings. The number of rotatable bonds is 15. The second kappa shape index (κ2) is 13.9. The summed E-state index contributed by atoms with van der Waals surface area (Å²) in [4.78, 5) is 11.3. The Labute approximate surface area is 221 Å². The van der Waals surface area contributed by atoms with E-state index in [2.05, 4.69) is 0 Å². The summed E-state index contributed by atoms with van der Waals surface area (Å²) in [5, 5.41) is 61.2. The van der Waals surface area contributed by atoms with Crippen molar-refractivity contribution in [1.82, 2.24) is 0 Å². The number of unbranched alkanes of at least 4 members (excludes halogenated alkanes) is 2. The molecule has 6 N–H and O–H groups in total. The zero-order valence-corrected chi connectivity index (χ0v) is 23.0. The van der Waals surface area contributed by atoms with Crippen molar-refractivity contribution in [2.75, 3.05) is 6.61 Å². The maximum atomic E-state index is 11.3. The highest BCUT2D eigenvalue weighted by Crippen LogP contribution is 2.33. The third kappa shape index (κ3) is 9.80. The highest BCUT2D eigenvalue weighted by atomic mass is 16.4. The summed E-state index contributed by atoms with van der Waals surface area (Å²) in [7, 11) is 0. The van der Waals surface area contributed by atoms with Crippen LogP contribution < -0.4 is 0 Å². The number of hydrogen-bond donors (Lipinski definition) is 6. The lowest BCUT2D eigenvalue weighted by molar-refractivity contribution is -0.147. The number of carboxylic acid groups (broad SMARTS) is 1. The van der Waals surface area contributed by atoms with E-state index >= 15 is 0 Å². The Kier molecular flexibility index (Phi) is 11.8. The first kappa shape index (κ1) is 31.4. The van der Waals surface area contributed by atoms with Crippen molar-refractivity contribution < 1.29 is 35.4 Å². The first-order chi connectivity index (χ1) is 17.3. The molecule has 210 valence electrons. The topological polar surface area (TPSA) is 138 Å². The van der Waals surface area contributed by atoms with Gasteiger partial charge in [0.15, 0.2) is 0 Å². The average Bonchev–Trinajstić information content (AvgIpc) is 2.82. The fourth-order valence-corrected chi connectivity index (χ4v) is 5.00. The molecule has 0 saturated heterocycles.